The number of ether oxygens (including phenoxy) is 2. The maximum atomic E-state index is 13.2. The molecule has 0 unspecified atom stereocenters. The van der Waals surface area contributed by atoms with Crippen LogP contribution in [-0.4, -0.2) is 45.7 Å². The molecule has 0 atom stereocenters. The first kappa shape index (κ1) is 46.8. The molecule has 0 radical (unpaired) electrons. The van der Waals surface area contributed by atoms with Gasteiger partial charge in [0.1, 0.15) is 11.5 Å². The van der Waals surface area contributed by atoms with Gasteiger partial charge in [0.15, 0.2) is 11.6 Å². The van der Waals surface area contributed by atoms with Crippen molar-refractivity contribution in [3.63, 3.8) is 0 Å². The monoisotopic (exact) mass is 797 g/mol. The lowest BCUT2D eigenvalue weighted by atomic mass is 9.71. The van der Waals surface area contributed by atoms with E-state index in [1.54, 1.807) is 12.1 Å². The van der Waals surface area contributed by atoms with Gasteiger partial charge < -0.3 is 20.1 Å². The Labute approximate surface area is 349 Å². The number of hydrogen-bond donors (Lipinski definition) is 2. The van der Waals surface area contributed by atoms with E-state index in [0.29, 0.717) is 61.2 Å². The van der Waals surface area contributed by atoms with Crippen LogP contribution in [0.1, 0.15) is 201 Å². The summed E-state index contributed by atoms with van der Waals surface area (Å²) in [6, 6.07) is 7.40. The van der Waals surface area contributed by atoms with Crippen LogP contribution in [0.2, 0.25) is 0 Å². The summed E-state index contributed by atoms with van der Waals surface area (Å²) in [5.41, 5.74) is 4.83. The van der Waals surface area contributed by atoms with E-state index in [1.807, 2.05) is 12.1 Å². The Morgan fingerprint density at radius 1 is 0.569 bits per heavy atom. The van der Waals surface area contributed by atoms with E-state index in [2.05, 4.69) is 93.0 Å². The molecule has 2 heterocycles. The molecule has 2 aromatic rings. The first-order valence-electron chi connectivity index (χ1n) is 21.8. The van der Waals surface area contributed by atoms with Crippen LogP contribution in [0.25, 0.3) is 0 Å². The van der Waals surface area contributed by atoms with Gasteiger partial charge in [0.25, 0.3) is 0 Å². The Hall–Kier alpha value is -3.88. The lowest BCUT2D eigenvalue weighted by Gasteiger charge is -2.47. The summed E-state index contributed by atoms with van der Waals surface area (Å²) in [4.78, 5) is 52.0. The topological polar surface area (TPSA) is 111 Å². The highest BCUT2D eigenvalue weighted by Gasteiger charge is 2.41. The second-order valence-electron chi connectivity index (χ2n) is 19.5. The van der Waals surface area contributed by atoms with Gasteiger partial charge in [-0.05, 0) is 177 Å². The summed E-state index contributed by atoms with van der Waals surface area (Å²) in [7, 11) is 0. The Kier molecular flexibility index (Phi) is 15.7. The summed E-state index contributed by atoms with van der Waals surface area (Å²) in [6.45, 7) is 29.2. The third-order valence-corrected chi connectivity index (χ3v) is 11.9. The van der Waals surface area contributed by atoms with Crippen LogP contribution in [-0.2, 0) is 22.4 Å². The molecule has 8 heteroatoms. The summed E-state index contributed by atoms with van der Waals surface area (Å²) in [6.07, 6.45) is 13.3. The second kappa shape index (κ2) is 19.5. The number of hydrogen-bond acceptors (Lipinski definition) is 8. The molecule has 0 aromatic heterocycles. The van der Waals surface area contributed by atoms with Crippen molar-refractivity contribution in [3.8, 4) is 11.5 Å². The first-order valence-corrected chi connectivity index (χ1v) is 21.8. The van der Waals surface area contributed by atoms with Crippen LogP contribution in [0.5, 0.6) is 11.5 Å². The van der Waals surface area contributed by atoms with Gasteiger partial charge >= 0.3 is 11.9 Å². The van der Waals surface area contributed by atoms with E-state index in [9.17, 15) is 19.2 Å². The number of esters is 2. The van der Waals surface area contributed by atoms with Gasteiger partial charge in [-0.2, -0.15) is 0 Å². The summed E-state index contributed by atoms with van der Waals surface area (Å²) >= 11 is 0. The molecule has 0 amide bonds. The van der Waals surface area contributed by atoms with Gasteiger partial charge in [-0.3, -0.25) is 19.2 Å². The maximum absolute atomic E-state index is 13.2. The number of unbranched alkanes of at least 4 members (excludes halogenated alkanes) is 5. The number of nitrogens with one attached hydrogen (secondary N) is 2. The molecule has 2 aliphatic heterocycles. The summed E-state index contributed by atoms with van der Waals surface area (Å²) in [5.74, 6) is 0.437. The molecule has 8 nitrogen and oxygen atoms in total. The molecule has 0 saturated carbocycles. The Bertz CT molecular complexity index is 1680. The van der Waals surface area contributed by atoms with E-state index in [0.717, 1.165) is 73.6 Å². The van der Waals surface area contributed by atoms with Crippen molar-refractivity contribution in [1.82, 2.24) is 10.6 Å². The molecule has 58 heavy (non-hydrogen) atoms. The molecule has 2 fully saturated rings. The molecule has 0 aliphatic carbocycles. The SMILES string of the molecule is C=CC(=O)c1cc(OC(=O)CCCCCCCCC(=O)Oc2cc(C(=O)C=C)cc(C3CC(C)(C)NC(C)(C)C3)c2CC)c(CC)c(C2CC(C)(C)NC(C)(C)C2)c1. The Morgan fingerprint density at radius 3 is 1.17 bits per heavy atom. The molecule has 2 aromatic carbocycles. The van der Waals surface area contributed by atoms with Gasteiger partial charge in [-0.25, -0.2) is 0 Å². The summed E-state index contributed by atoms with van der Waals surface area (Å²) < 4.78 is 12.0. The predicted octanol–water partition coefficient (Wildman–Crippen LogP) is 11.2. The smallest absolute Gasteiger partial charge is 0.311 e. The zero-order valence-corrected chi connectivity index (χ0v) is 37.4. The van der Waals surface area contributed by atoms with Crippen molar-refractivity contribution in [1.29, 1.82) is 0 Å². The van der Waals surface area contributed by atoms with E-state index >= 15 is 0 Å². The fourth-order valence-electron chi connectivity index (χ4n) is 10.2. The molecule has 0 bridgehead atoms. The largest absolute Gasteiger partial charge is 0.426 e. The highest BCUT2D eigenvalue weighted by Crippen LogP contribution is 2.44. The van der Waals surface area contributed by atoms with Gasteiger partial charge in [0, 0.05) is 46.1 Å². The predicted molar refractivity (Wildman–Crippen MR) is 235 cm³/mol. The van der Waals surface area contributed by atoms with Crippen molar-refractivity contribution in [2.45, 2.75) is 193 Å². The molecular formula is C50H72N2O6. The van der Waals surface area contributed by atoms with Gasteiger partial charge in [-0.15, -0.1) is 0 Å². The minimum atomic E-state index is -0.293. The average Bonchev–Trinajstić information content (AvgIpc) is 3.11. The Morgan fingerprint density at radius 2 is 0.879 bits per heavy atom. The van der Waals surface area contributed by atoms with E-state index < -0.39 is 0 Å². The number of ketones is 2. The number of piperidine rings is 2. The van der Waals surface area contributed by atoms with E-state index in [1.165, 1.54) is 12.2 Å². The third-order valence-electron chi connectivity index (χ3n) is 11.9. The number of carbonyl (C=O) groups excluding carboxylic acids is 4. The lowest BCUT2D eigenvalue weighted by Crippen LogP contribution is -2.57. The zero-order valence-electron chi connectivity index (χ0n) is 37.4. The van der Waals surface area contributed by atoms with E-state index in [-0.39, 0.29) is 57.5 Å². The van der Waals surface area contributed by atoms with E-state index in [4.69, 9.17) is 9.47 Å². The number of allylic oxidation sites excluding steroid dienone is 2. The van der Waals surface area contributed by atoms with Crippen molar-refractivity contribution in [2.75, 3.05) is 0 Å². The van der Waals surface area contributed by atoms with Crippen molar-refractivity contribution in [3.05, 3.63) is 83.0 Å². The molecule has 0 spiro atoms. The van der Waals surface area contributed by atoms with Crippen LogP contribution in [0, 0.1) is 0 Å². The second-order valence-corrected chi connectivity index (χ2v) is 19.5. The van der Waals surface area contributed by atoms with Gasteiger partial charge in [0.2, 0.25) is 0 Å². The number of carbonyl (C=O) groups is 4. The highest BCUT2D eigenvalue weighted by molar-refractivity contribution is 6.05. The first-order chi connectivity index (χ1) is 27.1. The standard InChI is InChI=1S/C50H72N2O6/c1-13-37-39(35-29-47(5,6)51-48(7,8)30-35)25-33(41(53)15-3)27-43(37)57-45(55)23-21-19-17-18-20-22-24-46(56)58-44-28-34(42(54)16-4)26-40(38(44)14-2)36-31-49(9,10)52-50(11,12)32-36/h15-16,25-28,35-36,51-52H,3-4,13-14,17-24,29-32H2,1-2,5-12H3. The Balaban J connectivity index is 1.29. The third kappa shape index (κ3) is 12.8. The average molecular weight is 797 g/mol. The van der Waals surface area contributed by atoms with Crippen molar-refractivity contribution in [2.24, 2.45) is 0 Å². The van der Waals surface area contributed by atoms with Crippen molar-refractivity contribution >= 4 is 23.5 Å². The van der Waals surface area contributed by atoms with Gasteiger partial charge in [-0.1, -0.05) is 52.7 Å². The molecule has 318 valence electrons. The molecular weight excluding hydrogens is 725 g/mol. The fraction of sp³-hybridized carbons (Fsp3) is 0.600. The molecule has 2 aliphatic rings. The quantitative estimate of drug-likeness (QED) is 0.0475. The minimum Gasteiger partial charge on any atom is -0.426 e. The van der Waals surface area contributed by atoms with Crippen LogP contribution in [0.4, 0.5) is 0 Å². The molecule has 2 saturated heterocycles. The van der Waals surface area contributed by atoms with Crippen LogP contribution in [0.15, 0.2) is 49.6 Å². The number of benzene rings is 2. The van der Waals surface area contributed by atoms with Crippen LogP contribution in [0.3, 0.4) is 0 Å². The van der Waals surface area contributed by atoms with Crippen molar-refractivity contribution < 1.29 is 28.7 Å². The van der Waals surface area contributed by atoms with Gasteiger partial charge in [0.05, 0.1) is 0 Å². The normalized spacial score (nSPS) is 18.6. The fourth-order valence-corrected chi connectivity index (χ4v) is 10.2. The maximum Gasteiger partial charge on any atom is 0.311 e. The lowest BCUT2D eigenvalue weighted by molar-refractivity contribution is -0.135. The zero-order chi connectivity index (χ0) is 43.1. The van der Waals surface area contributed by atoms with Crippen LogP contribution < -0.4 is 20.1 Å². The molecule has 2 N–H and O–H groups in total. The molecule has 4 rings (SSSR count). The van der Waals surface area contributed by atoms with Crippen LogP contribution >= 0.6 is 0 Å². The highest BCUT2D eigenvalue weighted by atomic mass is 16.5. The summed E-state index contributed by atoms with van der Waals surface area (Å²) in [5, 5.41) is 7.49. The minimum absolute atomic E-state index is 0.0812. The number of rotatable bonds is 19.